The van der Waals surface area contributed by atoms with Crippen LogP contribution >= 0.6 is 23.4 Å². The number of hydrogen-bond acceptors (Lipinski definition) is 4. The molecule has 0 bridgehead atoms. The Morgan fingerprint density at radius 2 is 2.24 bits per heavy atom. The van der Waals surface area contributed by atoms with Crippen LogP contribution < -0.4 is 5.73 Å². The third-order valence-corrected chi connectivity index (χ3v) is 4.27. The molecular formula is C11H11ClN4S. The largest absolute Gasteiger partial charge is 0.329 e. The number of benzene rings is 1. The number of fused-ring (bicyclic) bond motifs is 1. The van der Waals surface area contributed by atoms with Crippen LogP contribution in [0.2, 0.25) is 5.02 Å². The van der Waals surface area contributed by atoms with Gasteiger partial charge in [-0.15, -0.1) is 10.2 Å². The third-order valence-electron chi connectivity index (χ3n) is 2.75. The molecule has 0 radical (unpaired) electrons. The highest BCUT2D eigenvalue weighted by atomic mass is 35.5. The summed E-state index contributed by atoms with van der Waals surface area (Å²) in [5, 5.41) is 10.4. The Kier molecular flexibility index (Phi) is 2.82. The molecule has 1 aromatic carbocycles. The van der Waals surface area contributed by atoms with E-state index in [1.54, 1.807) is 11.8 Å². The molecule has 3 rings (SSSR count). The Balaban J connectivity index is 2.05. The summed E-state index contributed by atoms with van der Waals surface area (Å²) in [6.07, 6.45) is 0. The fraction of sp³-hybridized carbons (Fsp3) is 0.273. The zero-order chi connectivity index (χ0) is 11.8. The highest BCUT2D eigenvalue weighted by Gasteiger charge is 2.26. The van der Waals surface area contributed by atoms with Crippen LogP contribution in [0.3, 0.4) is 0 Å². The molecule has 2 aromatic rings. The zero-order valence-corrected chi connectivity index (χ0v) is 10.6. The van der Waals surface area contributed by atoms with E-state index in [4.69, 9.17) is 17.3 Å². The highest BCUT2D eigenvalue weighted by Crippen LogP contribution is 2.35. The molecule has 0 saturated carbocycles. The summed E-state index contributed by atoms with van der Waals surface area (Å²) in [5.74, 6) is 0.828. The van der Waals surface area contributed by atoms with E-state index >= 15 is 0 Å². The number of hydrogen-bond donors (Lipinski definition) is 1. The van der Waals surface area contributed by atoms with Gasteiger partial charge in [-0.25, -0.2) is 0 Å². The zero-order valence-electron chi connectivity index (χ0n) is 9.01. The van der Waals surface area contributed by atoms with Crippen molar-refractivity contribution in [3.8, 4) is 11.4 Å². The topological polar surface area (TPSA) is 56.7 Å². The maximum absolute atomic E-state index is 6.18. The summed E-state index contributed by atoms with van der Waals surface area (Å²) < 4.78 is 2.09. The Morgan fingerprint density at radius 1 is 1.41 bits per heavy atom. The summed E-state index contributed by atoms with van der Waals surface area (Å²) >= 11 is 7.85. The van der Waals surface area contributed by atoms with E-state index < -0.39 is 0 Å². The second kappa shape index (κ2) is 4.33. The van der Waals surface area contributed by atoms with E-state index in [0.29, 0.717) is 16.8 Å². The molecule has 2 N–H and O–H groups in total. The third kappa shape index (κ3) is 1.84. The van der Waals surface area contributed by atoms with Crippen molar-refractivity contribution in [1.29, 1.82) is 0 Å². The van der Waals surface area contributed by atoms with Crippen molar-refractivity contribution in [1.82, 2.24) is 14.8 Å². The molecule has 2 heterocycles. The molecule has 1 atom stereocenters. The van der Waals surface area contributed by atoms with Crippen molar-refractivity contribution in [2.75, 3.05) is 6.54 Å². The number of rotatable bonds is 2. The molecule has 1 aliphatic rings. The molecule has 0 spiro atoms. The van der Waals surface area contributed by atoms with E-state index in [-0.39, 0.29) is 0 Å². The van der Waals surface area contributed by atoms with Crippen LogP contribution in [0.1, 0.15) is 0 Å². The Labute approximate surface area is 108 Å². The van der Waals surface area contributed by atoms with Gasteiger partial charge >= 0.3 is 0 Å². The van der Waals surface area contributed by atoms with E-state index in [1.165, 1.54) is 0 Å². The normalized spacial score (nSPS) is 18.4. The van der Waals surface area contributed by atoms with Gasteiger partial charge in [0.15, 0.2) is 11.0 Å². The summed E-state index contributed by atoms with van der Waals surface area (Å²) in [4.78, 5) is 0. The van der Waals surface area contributed by atoms with Crippen LogP contribution in [-0.4, -0.2) is 26.6 Å². The molecule has 1 aliphatic heterocycles. The average molecular weight is 267 g/mol. The summed E-state index contributed by atoms with van der Waals surface area (Å²) in [7, 11) is 0. The van der Waals surface area contributed by atoms with Gasteiger partial charge in [-0.1, -0.05) is 35.5 Å². The molecule has 4 nitrogen and oxygen atoms in total. The smallest absolute Gasteiger partial charge is 0.191 e. The van der Waals surface area contributed by atoms with Crippen molar-refractivity contribution in [3.63, 3.8) is 0 Å². The van der Waals surface area contributed by atoms with Crippen molar-refractivity contribution in [3.05, 3.63) is 29.3 Å². The summed E-state index contributed by atoms with van der Waals surface area (Å²) in [5.41, 5.74) is 6.61. The summed E-state index contributed by atoms with van der Waals surface area (Å²) in [6.45, 7) is 1.50. The van der Waals surface area contributed by atoms with E-state index in [1.807, 2.05) is 24.3 Å². The molecule has 0 saturated heterocycles. The van der Waals surface area contributed by atoms with Gasteiger partial charge in [0.25, 0.3) is 0 Å². The van der Waals surface area contributed by atoms with Crippen LogP contribution in [0.15, 0.2) is 29.4 Å². The second-order valence-electron chi connectivity index (χ2n) is 3.87. The fourth-order valence-electron chi connectivity index (χ4n) is 1.89. The first-order chi connectivity index (χ1) is 8.29. The number of thioether (sulfide) groups is 1. The summed E-state index contributed by atoms with van der Waals surface area (Å²) in [6, 6.07) is 7.68. The lowest BCUT2D eigenvalue weighted by Crippen LogP contribution is -2.17. The minimum atomic E-state index is 0.390. The maximum Gasteiger partial charge on any atom is 0.191 e. The van der Waals surface area contributed by atoms with Gasteiger partial charge in [-0.2, -0.15) is 0 Å². The molecule has 0 fully saturated rings. The van der Waals surface area contributed by atoms with Crippen molar-refractivity contribution in [2.24, 2.45) is 5.73 Å². The van der Waals surface area contributed by atoms with Gasteiger partial charge in [0.2, 0.25) is 0 Å². The van der Waals surface area contributed by atoms with Crippen LogP contribution in [-0.2, 0) is 6.54 Å². The predicted molar refractivity (Wildman–Crippen MR) is 69.2 cm³/mol. The van der Waals surface area contributed by atoms with Gasteiger partial charge in [0.1, 0.15) is 0 Å². The van der Waals surface area contributed by atoms with Gasteiger partial charge < -0.3 is 10.3 Å². The molecule has 88 valence electrons. The Morgan fingerprint density at radius 3 is 3.00 bits per heavy atom. The Hall–Kier alpha value is -1.04. The van der Waals surface area contributed by atoms with Gasteiger partial charge in [0.05, 0.1) is 5.02 Å². The molecule has 1 aromatic heterocycles. The van der Waals surface area contributed by atoms with Gasteiger partial charge in [-0.05, 0) is 12.1 Å². The lowest BCUT2D eigenvalue weighted by Gasteiger charge is -2.06. The van der Waals surface area contributed by atoms with E-state index in [9.17, 15) is 0 Å². The monoisotopic (exact) mass is 266 g/mol. The first kappa shape index (κ1) is 11.1. The van der Waals surface area contributed by atoms with Crippen LogP contribution in [0, 0.1) is 0 Å². The fourth-order valence-corrected chi connectivity index (χ4v) is 3.11. The molecule has 0 aliphatic carbocycles. The van der Waals surface area contributed by atoms with Gasteiger partial charge in [-0.3, -0.25) is 0 Å². The first-order valence-corrected chi connectivity index (χ1v) is 6.60. The average Bonchev–Trinajstić information content (AvgIpc) is 2.89. The molecule has 0 amide bonds. The molecule has 1 unspecified atom stereocenters. The molecular weight excluding hydrogens is 256 g/mol. The first-order valence-electron chi connectivity index (χ1n) is 5.34. The minimum absolute atomic E-state index is 0.390. The van der Waals surface area contributed by atoms with E-state index in [2.05, 4.69) is 14.8 Å². The maximum atomic E-state index is 6.18. The van der Waals surface area contributed by atoms with Crippen molar-refractivity contribution in [2.45, 2.75) is 17.0 Å². The van der Waals surface area contributed by atoms with Crippen molar-refractivity contribution >= 4 is 23.4 Å². The molecule has 17 heavy (non-hydrogen) atoms. The number of nitrogens with two attached hydrogens (primary N) is 1. The van der Waals surface area contributed by atoms with Crippen LogP contribution in [0.25, 0.3) is 11.4 Å². The van der Waals surface area contributed by atoms with E-state index in [0.717, 1.165) is 23.1 Å². The lowest BCUT2D eigenvalue weighted by molar-refractivity contribution is 0.655. The van der Waals surface area contributed by atoms with Crippen molar-refractivity contribution < 1.29 is 0 Å². The quantitative estimate of drug-likeness (QED) is 0.904. The number of halogens is 1. The van der Waals surface area contributed by atoms with Gasteiger partial charge in [0, 0.05) is 23.9 Å². The standard InChI is InChI=1S/C11H11ClN4S/c12-9-4-2-1-3-8(9)10-14-15-11-16(10)6-7(5-13)17-11/h1-4,7H,5-6,13H2. The number of nitrogens with zero attached hydrogens (tertiary/aromatic N) is 3. The lowest BCUT2D eigenvalue weighted by atomic mass is 10.2. The second-order valence-corrected chi connectivity index (χ2v) is 5.55. The van der Waals surface area contributed by atoms with Crippen LogP contribution in [0.5, 0.6) is 0 Å². The Bertz CT molecular complexity index is 554. The molecule has 6 heteroatoms. The number of aromatic nitrogens is 3. The van der Waals surface area contributed by atoms with Crippen LogP contribution in [0.4, 0.5) is 0 Å². The highest BCUT2D eigenvalue weighted by molar-refractivity contribution is 8.00. The minimum Gasteiger partial charge on any atom is -0.329 e. The SMILES string of the molecule is NCC1Cn2c(nnc2-c2ccccc2Cl)S1. The predicted octanol–water partition coefficient (Wildman–Crippen LogP) is 2.03.